The number of aliphatic hydroxyl groups is 1. The molecule has 264 valence electrons. The van der Waals surface area contributed by atoms with E-state index >= 15 is 4.39 Å². The fraction of sp³-hybridized carbons (Fsp3) is 0.368. The largest absolute Gasteiger partial charge is 0.506 e. The number of hydrogen-bond acceptors (Lipinski definition) is 9. The maximum absolute atomic E-state index is 16.2. The Hall–Kier alpha value is -4.33. The molecular formula is C38H39FN6O4S2. The average molecular weight is 727 g/mol. The second-order valence-corrected chi connectivity index (χ2v) is 15.6. The zero-order chi connectivity index (χ0) is 35.6. The van der Waals surface area contributed by atoms with Gasteiger partial charge in [0.05, 0.1) is 35.2 Å². The molecule has 0 amide bonds. The second kappa shape index (κ2) is 13.0. The number of esters is 1. The van der Waals surface area contributed by atoms with Crippen LogP contribution in [0.1, 0.15) is 58.1 Å². The van der Waals surface area contributed by atoms with Crippen molar-refractivity contribution >= 4 is 51.3 Å². The number of aliphatic hydroxyl groups excluding tert-OH is 1. The van der Waals surface area contributed by atoms with Gasteiger partial charge in [-0.25, -0.2) is 9.18 Å². The standard InChI is InChI=1S/C38H39FN6O4S2/c1-21-32(33-29(39)10-9-28-27(8-6-12-46)36(37(48)49-4)43(2)35(28)33)30(45(41-21)38-16-23(38)17-38)20-50-18-24-14-25(44(3)42-24)19-51-26-13-22-7-5-11-40-34(22)31(47)15-26/h5,7,9-11,13-15,23,46-47H,6,8,12,16-20H2,1-4H3. The summed E-state index contributed by atoms with van der Waals surface area (Å²) in [5.74, 6) is 1.89. The van der Waals surface area contributed by atoms with Crippen LogP contribution in [-0.4, -0.2) is 59.0 Å². The highest BCUT2D eigenvalue weighted by Crippen LogP contribution is 2.73. The monoisotopic (exact) mass is 726 g/mol. The summed E-state index contributed by atoms with van der Waals surface area (Å²) in [5.41, 5.74) is 7.35. The van der Waals surface area contributed by atoms with E-state index in [9.17, 15) is 15.0 Å². The van der Waals surface area contributed by atoms with E-state index in [1.807, 2.05) is 36.9 Å². The number of ether oxygens (including phenoxy) is 1. The van der Waals surface area contributed by atoms with Crippen molar-refractivity contribution in [3.05, 3.63) is 88.5 Å². The Morgan fingerprint density at radius 2 is 1.90 bits per heavy atom. The molecule has 0 spiro atoms. The molecule has 2 fully saturated rings. The Morgan fingerprint density at radius 1 is 1.10 bits per heavy atom. The Labute approximate surface area is 303 Å². The summed E-state index contributed by atoms with van der Waals surface area (Å²) in [5, 5.41) is 31.6. The van der Waals surface area contributed by atoms with Crippen molar-refractivity contribution in [1.82, 2.24) is 29.1 Å². The van der Waals surface area contributed by atoms with Gasteiger partial charge in [0.25, 0.3) is 0 Å². The third-order valence-electron chi connectivity index (χ3n) is 10.4. The van der Waals surface area contributed by atoms with E-state index in [0.717, 1.165) is 62.4 Å². The minimum Gasteiger partial charge on any atom is -0.506 e. The van der Waals surface area contributed by atoms with Crippen LogP contribution in [0, 0.1) is 18.7 Å². The van der Waals surface area contributed by atoms with Crippen molar-refractivity contribution in [1.29, 1.82) is 0 Å². The first-order valence-corrected chi connectivity index (χ1v) is 19.2. The highest BCUT2D eigenvalue weighted by atomic mass is 32.2. The molecule has 0 bridgehead atoms. The molecule has 0 unspecified atom stereocenters. The van der Waals surface area contributed by atoms with E-state index < -0.39 is 5.97 Å². The summed E-state index contributed by atoms with van der Waals surface area (Å²) in [6.07, 6.45) is 4.79. The summed E-state index contributed by atoms with van der Waals surface area (Å²) in [7, 11) is 5.07. The lowest BCUT2D eigenvalue weighted by Crippen LogP contribution is -2.13. The number of methoxy groups -OCH3 is 1. The van der Waals surface area contributed by atoms with Gasteiger partial charge in [-0.05, 0) is 80.5 Å². The molecule has 2 N–H and O–H groups in total. The van der Waals surface area contributed by atoms with Gasteiger partial charge in [-0.3, -0.25) is 14.3 Å². The van der Waals surface area contributed by atoms with Gasteiger partial charge in [0.2, 0.25) is 0 Å². The summed E-state index contributed by atoms with van der Waals surface area (Å²) in [6.45, 7) is 1.92. The third-order valence-corrected chi connectivity index (χ3v) is 12.4. The molecule has 8 rings (SSSR count). The lowest BCUT2D eigenvalue weighted by molar-refractivity contribution is 0.0589. The van der Waals surface area contributed by atoms with Gasteiger partial charge in [-0.2, -0.15) is 10.2 Å². The van der Waals surface area contributed by atoms with E-state index in [1.165, 1.54) is 13.2 Å². The van der Waals surface area contributed by atoms with Gasteiger partial charge >= 0.3 is 5.97 Å². The molecule has 13 heteroatoms. The quantitative estimate of drug-likeness (QED) is 0.0955. The summed E-state index contributed by atoms with van der Waals surface area (Å²) < 4.78 is 27.2. The van der Waals surface area contributed by atoms with Gasteiger partial charge in [0.15, 0.2) is 0 Å². The molecule has 2 aliphatic carbocycles. The van der Waals surface area contributed by atoms with Crippen LogP contribution in [-0.2, 0) is 48.1 Å². The number of halogens is 1. The first kappa shape index (κ1) is 33.8. The zero-order valence-corrected chi connectivity index (χ0v) is 30.6. The zero-order valence-electron chi connectivity index (χ0n) is 28.9. The highest BCUT2D eigenvalue weighted by molar-refractivity contribution is 7.98. The van der Waals surface area contributed by atoms with Crippen LogP contribution in [0.5, 0.6) is 5.75 Å². The maximum Gasteiger partial charge on any atom is 0.354 e. The highest BCUT2D eigenvalue weighted by Gasteiger charge is 2.72. The number of aromatic nitrogens is 6. The number of rotatable bonds is 13. The number of benzene rings is 2. The predicted octanol–water partition coefficient (Wildman–Crippen LogP) is 7.03. The fourth-order valence-corrected chi connectivity index (χ4v) is 9.45. The Kier molecular flexibility index (Phi) is 8.63. The molecule has 0 radical (unpaired) electrons. The van der Waals surface area contributed by atoms with Gasteiger partial charge in [0.1, 0.15) is 22.8 Å². The molecule has 0 saturated heterocycles. The number of aryl methyl sites for hydroxylation is 4. The number of aromatic hydroxyl groups is 1. The van der Waals surface area contributed by atoms with Crippen molar-refractivity contribution in [3.8, 4) is 16.9 Å². The first-order valence-electron chi connectivity index (χ1n) is 17.0. The SMILES string of the molecule is COC(=O)c1c(CCCO)c2ccc(F)c(-c3c(C)nn(C45CC4C5)c3CSCc3cc(CSc4cc(O)c5ncccc5c4)n(C)n3)c2n1C. The van der Waals surface area contributed by atoms with Gasteiger partial charge in [0, 0.05) is 76.6 Å². The van der Waals surface area contributed by atoms with E-state index in [1.54, 1.807) is 53.5 Å². The molecule has 10 nitrogen and oxygen atoms in total. The number of thioether (sulfide) groups is 2. The van der Waals surface area contributed by atoms with Gasteiger partial charge in [-0.15, -0.1) is 23.5 Å². The lowest BCUT2D eigenvalue weighted by atomic mass is 9.98. The molecule has 2 saturated carbocycles. The third kappa shape index (κ3) is 5.79. The molecule has 6 aromatic rings. The molecule has 0 atom stereocenters. The van der Waals surface area contributed by atoms with Crippen molar-refractivity contribution in [2.45, 2.75) is 60.3 Å². The smallest absolute Gasteiger partial charge is 0.354 e. The summed E-state index contributed by atoms with van der Waals surface area (Å²) in [6, 6.07) is 12.9. The molecular weight excluding hydrogens is 688 g/mol. The number of fused-ring (bicyclic) bond motifs is 3. The average Bonchev–Trinajstić information content (AvgIpc) is 3.88. The van der Waals surface area contributed by atoms with Crippen LogP contribution in [0.4, 0.5) is 4.39 Å². The van der Waals surface area contributed by atoms with Crippen LogP contribution < -0.4 is 0 Å². The Morgan fingerprint density at radius 3 is 2.65 bits per heavy atom. The van der Waals surface area contributed by atoms with E-state index in [-0.39, 0.29) is 23.7 Å². The number of carbonyl (C=O) groups excluding carboxylic acids is 1. The number of pyridine rings is 1. The van der Waals surface area contributed by atoms with Crippen LogP contribution in [0.2, 0.25) is 0 Å². The predicted molar refractivity (Wildman–Crippen MR) is 197 cm³/mol. The minimum atomic E-state index is -0.491. The fourth-order valence-electron chi connectivity index (χ4n) is 7.54. The number of phenols is 1. The number of phenolic OH excluding ortho intramolecular Hbond substituents is 1. The molecule has 4 aromatic heterocycles. The maximum atomic E-state index is 16.2. The number of nitrogens with zero attached hydrogens (tertiary/aromatic N) is 6. The van der Waals surface area contributed by atoms with Gasteiger partial charge < -0.3 is 19.5 Å². The van der Waals surface area contributed by atoms with Gasteiger partial charge in [-0.1, -0.05) is 6.07 Å². The molecule has 2 aromatic carbocycles. The number of hydrogen-bond donors (Lipinski definition) is 2. The van der Waals surface area contributed by atoms with Crippen molar-refractivity contribution in [2.24, 2.45) is 20.0 Å². The lowest BCUT2D eigenvalue weighted by Gasteiger charge is -2.14. The second-order valence-electron chi connectivity index (χ2n) is 13.6. The first-order chi connectivity index (χ1) is 24.6. The normalized spacial score (nSPS) is 17.7. The molecule has 0 aliphatic heterocycles. The van der Waals surface area contributed by atoms with Crippen molar-refractivity contribution in [2.75, 3.05) is 13.7 Å². The molecule has 2 aliphatic rings. The summed E-state index contributed by atoms with van der Waals surface area (Å²) >= 11 is 3.36. The van der Waals surface area contributed by atoms with Crippen molar-refractivity contribution in [3.63, 3.8) is 0 Å². The van der Waals surface area contributed by atoms with E-state index in [0.29, 0.717) is 58.3 Å². The Bertz CT molecular complexity index is 2340. The van der Waals surface area contributed by atoms with Crippen molar-refractivity contribution < 1.29 is 24.1 Å². The van der Waals surface area contributed by atoms with Crippen LogP contribution >= 0.6 is 23.5 Å². The molecule has 4 heterocycles. The summed E-state index contributed by atoms with van der Waals surface area (Å²) in [4.78, 5) is 18.3. The minimum absolute atomic E-state index is 0.0227. The van der Waals surface area contributed by atoms with Crippen LogP contribution in [0.25, 0.3) is 32.9 Å². The van der Waals surface area contributed by atoms with E-state index in [4.69, 9.17) is 14.9 Å². The molecule has 51 heavy (non-hydrogen) atoms. The topological polar surface area (TPSA) is 120 Å². The van der Waals surface area contributed by atoms with Crippen LogP contribution in [0.15, 0.2) is 53.6 Å². The van der Waals surface area contributed by atoms with E-state index in [2.05, 4.69) is 15.7 Å². The number of carbonyl (C=O) groups is 1. The van der Waals surface area contributed by atoms with Crippen LogP contribution in [0.3, 0.4) is 0 Å². The Balaban J connectivity index is 1.08.